The Morgan fingerprint density at radius 2 is 2.00 bits per heavy atom. The van der Waals surface area contributed by atoms with E-state index in [2.05, 4.69) is 43.4 Å². The molecule has 22 heavy (non-hydrogen) atoms. The van der Waals surface area contributed by atoms with Crippen molar-refractivity contribution in [2.24, 2.45) is 0 Å². The summed E-state index contributed by atoms with van der Waals surface area (Å²) in [4.78, 5) is 14.0. The van der Waals surface area contributed by atoms with Gasteiger partial charge in [-0.1, -0.05) is 38.1 Å². The van der Waals surface area contributed by atoms with E-state index in [9.17, 15) is 9.90 Å². The Kier molecular flexibility index (Phi) is 5.83. The van der Waals surface area contributed by atoms with Gasteiger partial charge in [0, 0.05) is 12.6 Å². The molecular formula is C18H28N2O2. The second-order valence-corrected chi connectivity index (χ2v) is 6.62. The average molecular weight is 304 g/mol. The molecule has 4 nitrogen and oxygen atoms in total. The van der Waals surface area contributed by atoms with Gasteiger partial charge < -0.3 is 15.3 Å². The minimum Gasteiger partial charge on any atom is -0.394 e. The van der Waals surface area contributed by atoms with E-state index < -0.39 is 0 Å². The number of carbonyl (C=O) groups is 1. The quantitative estimate of drug-likeness (QED) is 0.879. The first-order valence-electron chi connectivity index (χ1n) is 8.28. The standard InChI is InChI=1S/C18H28N2O2/c1-13(2)16-8-6-15(7-9-16)11-14(3)19-18(22)20-10-4-5-17(20)12-21/h6-9,13-14,17,21H,4-5,10-12H2,1-3H3,(H,19,22). The zero-order valence-electron chi connectivity index (χ0n) is 13.9. The van der Waals surface area contributed by atoms with Crippen LogP contribution in [0.5, 0.6) is 0 Å². The molecule has 0 bridgehead atoms. The van der Waals surface area contributed by atoms with E-state index >= 15 is 0 Å². The van der Waals surface area contributed by atoms with Crippen LogP contribution in [0, 0.1) is 0 Å². The molecule has 0 radical (unpaired) electrons. The molecule has 1 heterocycles. The highest BCUT2D eigenvalue weighted by Gasteiger charge is 2.28. The van der Waals surface area contributed by atoms with Crippen LogP contribution in [-0.4, -0.2) is 41.3 Å². The fourth-order valence-electron chi connectivity index (χ4n) is 3.03. The molecule has 122 valence electrons. The molecule has 2 amide bonds. The SMILES string of the molecule is CC(Cc1ccc(C(C)C)cc1)NC(=O)N1CCCC1CO. The van der Waals surface area contributed by atoms with Crippen LogP contribution < -0.4 is 5.32 Å². The summed E-state index contributed by atoms with van der Waals surface area (Å²) in [6.07, 6.45) is 2.69. The smallest absolute Gasteiger partial charge is 0.317 e. The summed E-state index contributed by atoms with van der Waals surface area (Å²) < 4.78 is 0. The summed E-state index contributed by atoms with van der Waals surface area (Å²) in [7, 11) is 0. The molecule has 2 rings (SSSR count). The predicted octanol–water partition coefficient (Wildman–Crippen LogP) is 2.91. The van der Waals surface area contributed by atoms with E-state index in [4.69, 9.17) is 0 Å². The van der Waals surface area contributed by atoms with Gasteiger partial charge in [0.15, 0.2) is 0 Å². The van der Waals surface area contributed by atoms with Crippen molar-refractivity contribution in [1.82, 2.24) is 10.2 Å². The van der Waals surface area contributed by atoms with Crippen molar-refractivity contribution in [3.05, 3.63) is 35.4 Å². The minimum absolute atomic E-state index is 0.0162. The van der Waals surface area contributed by atoms with Gasteiger partial charge in [-0.25, -0.2) is 4.79 Å². The lowest BCUT2D eigenvalue weighted by molar-refractivity contribution is 0.155. The Labute approximate surface area is 133 Å². The number of nitrogens with one attached hydrogen (secondary N) is 1. The molecule has 0 aliphatic carbocycles. The molecule has 1 saturated heterocycles. The number of nitrogens with zero attached hydrogens (tertiary/aromatic N) is 1. The molecule has 2 unspecified atom stereocenters. The van der Waals surface area contributed by atoms with Gasteiger partial charge in [0.1, 0.15) is 0 Å². The van der Waals surface area contributed by atoms with E-state index in [1.807, 2.05) is 6.92 Å². The summed E-state index contributed by atoms with van der Waals surface area (Å²) in [5.74, 6) is 0.539. The van der Waals surface area contributed by atoms with Gasteiger partial charge in [0.25, 0.3) is 0 Å². The van der Waals surface area contributed by atoms with Crippen LogP contribution in [0.3, 0.4) is 0 Å². The third-order valence-electron chi connectivity index (χ3n) is 4.41. The lowest BCUT2D eigenvalue weighted by Gasteiger charge is -2.25. The molecule has 1 aliphatic heterocycles. The zero-order chi connectivity index (χ0) is 16.1. The predicted molar refractivity (Wildman–Crippen MR) is 89.0 cm³/mol. The topological polar surface area (TPSA) is 52.6 Å². The maximum Gasteiger partial charge on any atom is 0.317 e. The maximum atomic E-state index is 12.3. The van der Waals surface area contributed by atoms with Crippen LogP contribution in [0.2, 0.25) is 0 Å². The van der Waals surface area contributed by atoms with Gasteiger partial charge in [-0.05, 0) is 43.2 Å². The van der Waals surface area contributed by atoms with E-state index in [1.54, 1.807) is 4.90 Å². The zero-order valence-corrected chi connectivity index (χ0v) is 13.9. The molecule has 2 atom stereocenters. The number of hydrogen-bond donors (Lipinski definition) is 2. The Morgan fingerprint density at radius 1 is 1.32 bits per heavy atom. The largest absolute Gasteiger partial charge is 0.394 e. The second kappa shape index (κ2) is 7.63. The van der Waals surface area contributed by atoms with Crippen LogP contribution in [0.15, 0.2) is 24.3 Å². The number of urea groups is 1. The van der Waals surface area contributed by atoms with E-state index in [0.29, 0.717) is 5.92 Å². The number of aliphatic hydroxyl groups is 1. The monoisotopic (exact) mass is 304 g/mol. The summed E-state index contributed by atoms with van der Waals surface area (Å²) in [6, 6.07) is 8.63. The van der Waals surface area contributed by atoms with Crippen LogP contribution in [-0.2, 0) is 6.42 Å². The number of hydrogen-bond acceptors (Lipinski definition) is 2. The number of benzene rings is 1. The summed E-state index contributed by atoms with van der Waals surface area (Å²) >= 11 is 0. The van der Waals surface area contributed by atoms with E-state index in [1.165, 1.54) is 11.1 Å². The van der Waals surface area contributed by atoms with E-state index in [0.717, 1.165) is 25.8 Å². The van der Waals surface area contributed by atoms with Crippen molar-refractivity contribution >= 4 is 6.03 Å². The molecule has 0 saturated carbocycles. The van der Waals surface area contributed by atoms with Gasteiger partial charge in [-0.2, -0.15) is 0 Å². The van der Waals surface area contributed by atoms with Crippen molar-refractivity contribution in [2.75, 3.05) is 13.2 Å². The summed E-state index contributed by atoms with van der Waals surface area (Å²) in [6.45, 7) is 7.20. The Balaban J connectivity index is 1.86. The Hall–Kier alpha value is -1.55. The molecule has 0 spiro atoms. The average Bonchev–Trinajstić information content (AvgIpc) is 2.96. The maximum absolute atomic E-state index is 12.3. The van der Waals surface area contributed by atoms with Gasteiger partial charge in [0.2, 0.25) is 0 Å². The lowest BCUT2D eigenvalue weighted by atomic mass is 9.99. The highest BCUT2D eigenvalue weighted by molar-refractivity contribution is 5.75. The van der Waals surface area contributed by atoms with E-state index in [-0.39, 0.29) is 24.7 Å². The summed E-state index contributed by atoms with van der Waals surface area (Å²) in [5, 5.41) is 12.4. The highest BCUT2D eigenvalue weighted by Crippen LogP contribution is 2.18. The molecule has 0 aromatic heterocycles. The van der Waals surface area contributed by atoms with Gasteiger partial charge >= 0.3 is 6.03 Å². The van der Waals surface area contributed by atoms with Crippen LogP contribution in [0.4, 0.5) is 4.79 Å². The molecule has 2 N–H and O–H groups in total. The highest BCUT2D eigenvalue weighted by atomic mass is 16.3. The first-order valence-corrected chi connectivity index (χ1v) is 8.28. The van der Waals surface area contributed by atoms with Crippen molar-refractivity contribution in [1.29, 1.82) is 0 Å². The lowest BCUT2D eigenvalue weighted by Crippen LogP contribution is -2.47. The normalized spacial score (nSPS) is 19.5. The molecule has 1 fully saturated rings. The third-order valence-corrected chi connectivity index (χ3v) is 4.41. The van der Waals surface area contributed by atoms with Gasteiger partial charge in [-0.3, -0.25) is 0 Å². The Morgan fingerprint density at radius 3 is 2.59 bits per heavy atom. The fourth-order valence-corrected chi connectivity index (χ4v) is 3.03. The molecule has 4 heteroatoms. The first-order chi connectivity index (χ1) is 10.5. The van der Waals surface area contributed by atoms with Crippen LogP contribution in [0.25, 0.3) is 0 Å². The summed E-state index contributed by atoms with van der Waals surface area (Å²) in [5.41, 5.74) is 2.57. The number of amides is 2. The van der Waals surface area contributed by atoms with Crippen molar-refractivity contribution in [3.63, 3.8) is 0 Å². The fraction of sp³-hybridized carbons (Fsp3) is 0.611. The molecule has 1 aromatic carbocycles. The van der Waals surface area contributed by atoms with Gasteiger partial charge in [0.05, 0.1) is 12.6 Å². The molecule has 1 aliphatic rings. The molecule has 1 aromatic rings. The van der Waals surface area contributed by atoms with Crippen LogP contribution in [0.1, 0.15) is 50.7 Å². The number of likely N-dealkylation sites (tertiary alicyclic amines) is 1. The number of carbonyl (C=O) groups excluding carboxylic acids is 1. The first kappa shape index (κ1) is 16.8. The molecular weight excluding hydrogens is 276 g/mol. The van der Waals surface area contributed by atoms with Crippen molar-refractivity contribution in [3.8, 4) is 0 Å². The Bertz CT molecular complexity index is 484. The number of rotatable bonds is 5. The second-order valence-electron chi connectivity index (χ2n) is 6.62. The van der Waals surface area contributed by atoms with Gasteiger partial charge in [-0.15, -0.1) is 0 Å². The minimum atomic E-state index is -0.0529. The third kappa shape index (κ3) is 4.23. The van der Waals surface area contributed by atoms with Crippen LogP contribution >= 0.6 is 0 Å². The number of aliphatic hydroxyl groups excluding tert-OH is 1. The van der Waals surface area contributed by atoms with Crippen molar-refractivity contribution < 1.29 is 9.90 Å². The van der Waals surface area contributed by atoms with Crippen molar-refractivity contribution in [2.45, 2.75) is 58.0 Å².